The molecule has 0 bridgehead atoms. The van der Waals surface area contributed by atoms with Crippen molar-refractivity contribution in [1.82, 2.24) is 25.0 Å². The molecule has 0 radical (unpaired) electrons. The number of benzene rings is 1. The number of nitrogens with zero attached hydrogens (tertiary/aromatic N) is 5. The summed E-state index contributed by atoms with van der Waals surface area (Å²) >= 11 is 0. The van der Waals surface area contributed by atoms with Crippen LogP contribution >= 0.6 is 0 Å². The van der Waals surface area contributed by atoms with Gasteiger partial charge in [-0.1, -0.05) is 69.1 Å². The van der Waals surface area contributed by atoms with Crippen molar-refractivity contribution in [3.8, 4) is 5.88 Å². The minimum Gasteiger partial charge on any atom is -0.477 e. The van der Waals surface area contributed by atoms with E-state index in [4.69, 9.17) is 4.74 Å². The van der Waals surface area contributed by atoms with E-state index in [0.29, 0.717) is 18.3 Å². The van der Waals surface area contributed by atoms with E-state index < -0.39 is 0 Å². The highest BCUT2D eigenvalue weighted by atomic mass is 16.5. The van der Waals surface area contributed by atoms with Crippen LogP contribution in [0.25, 0.3) is 16.7 Å². The van der Waals surface area contributed by atoms with Crippen LogP contribution in [0.3, 0.4) is 0 Å². The van der Waals surface area contributed by atoms with Crippen molar-refractivity contribution >= 4 is 16.7 Å². The van der Waals surface area contributed by atoms with Crippen molar-refractivity contribution < 1.29 is 4.74 Å². The van der Waals surface area contributed by atoms with Crippen LogP contribution in [0.1, 0.15) is 58.3 Å². The lowest BCUT2D eigenvalue weighted by Crippen LogP contribution is -2.03. The quantitative estimate of drug-likeness (QED) is 0.522. The minimum atomic E-state index is 0.472. The van der Waals surface area contributed by atoms with E-state index in [0.717, 1.165) is 17.3 Å². The van der Waals surface area contributed by atoms with Crippen molar-refractivity contribution in [2.45, 2.75) is 58.3 Å². The third-order valence-electron chi connectivity index (χ3n) is 4.25. The Labute approximate surface area is 142 Å². The van der Waals surface area contributed by atoms with Gasteiger partial charge < -0.3 is 4.74 Å². The Balaban J connectivity index is 1.52. The van der Waals surface area contributed by atoms with Crippen LogP contribution in [-0.4, -0.2) is 31.6 Å². The van der Waals surface area contributed by atoms with E-state index in [2.05, 4.69) is 27.4 Å². The Morgan fingerprint density at radius 2 is 1.71 bits per heavy atom. The molecule has 0 unspecified atom stereocenters. The van der Waals surface area contributed by atoms with Gasteiger partial charge >= 0.3 is 0 Å². The molecular weight excluding hydrogens is 302 g/mol. The number of para-hydroxylation sites is 1. The molecule has 2 aromatic heterocycles. The van der Waals surface area contributed by atoms with Crippen molar-refractivity contribution in [1.29, 1.82) is 0 Å². The Kier molecular flexibility index (Phi) is 5.93. The Morgan fingerprint density at radius 1 is 0.958 bits per heavy atom. The number of tetrazole rings is 1. The maximum Gasteiger partial charge on any atom is 0.277 e. The Hall–Kier alpha value is -2.24. The first-order chi connectivity index (χ1) is 11.9. The number of hydrogen-bond donors (Lipinski definition) is 0. The second-order valence-electron chi connectivity index (χ2n) is 6.15. The fraction of sp³-hybridized carbons (Fsp3) is 0.556. The minimum absolute atomic E-state index is 0.472. The molecule has 3 rings (SSSR count). The van der Waals surface area contributed by atoms with E-state index in [1.54, 1.807) is 4.52 Å². The summed E-state index contributed by atoms with van der Waals surface area (Å²) < 4.78 is 7.56. The molecule has 0 spiro atoms. The summed E-state index contributed by atoms with van der Waals surface area (Å²) in [5, 5.41) is 12.5. The second-order valence-corrected chi connectivity index (χ2v) is 6.15. The first kappa shape index (κ1) is 16.6. The zero-order chi connectivity index (χ0) is 16.6. The number of unbranched alkanes of at least 4 members (excludes halogenated alkanes) is 7. The predicted octanol–water partition coefficient (Wildman–Crippen LogP) is 4.19. The van der Waals surface area contributed by atoms with Crippen LogP contribution in [0.2, 0.25) is 0 Å². The molecule has 0 saturated carbocycles. The molecule has 0 aliphatic heterocycles. The molecule has 6 nitrogen and oxygen atoms in total. The number of fused-ring (bicyclic) bond motifs is 3. The van der Waals surface area contributed by atoms with E-state index in [1.807, 2.05) is 24.3 Å². The molecule has 0 saturated heterocycles. The highest BCUT2D eigenvalue weighted by Gasteiger charge is 2.10. The van der Waals surface area contributed by atoms with Gasteiger partial charge in [0.15, 0.2) is 0 Å². The lowest BCUT2D eigenvalue weighted by Gasteiger charge is -2.08. The van der Waals surface area contributed by atoms with E-state index >= 15 is 0 Å². The molecule has 24 heavy (non-hydrogen) atoms. The summed E-state index contributed by atoms with van der Waals surface area (Å²) in [5.74, 6) is 1.09. The average Bonchev–Trinajstić information content (AvgIpc) is 3.09. The summed E-state index contributed by atoms with van der Waals surface area (Å²) in [5.41, 5.74) is 0.915. The van der Waals surface area contributed by atoms with Crippen molar-refractivity contribution in [2.75, 3.05) is 6.61 Å². The summed E-state index contributed by atoms with van der Waals surface area (Å²) in [7, 11) is 0. The van der Waals surface area contributed by atoms with E-state index in [9.17, 15) is 0 Å². The summed E-state index contributed by atoms with van der Waals surface area (Å²) in [6.07, 6.45) is 10.3. The number of ether oxygens (including phenoxy) is 1. The third kappa shape index (κ3) is 3.99. The summed E-state index contributed by atoms with van der Waals surface area (Å²) in [6.45, 7) is 2.94. The van der Waals surface area contributed by atoms with Crippen LogP contribution in [0.15, 0.2) is 24.3 Å². The van der Waals surface area contributed by atoms with Gasteiger partial charge in [-0.25, -0.2) is 0 Å². The largest absolute Gasteiger partial charge is 0.477 e. The average molecular weight is 327 g/mol. The smallest absolute Gasteiger partial charge is 0.277 e. The van der Waals surface area contributed by atoms with Gasteiger partial charge in [0.25, 0.3) is 5.78 Å². The van der Waals surface area contributed by atoms with Crippen molar-refractivity contribution in [2.24, 2.45) is 0 Å². The maximum absolute atomic E-state index is 5.92. The van der Waals surface area contributed by atoms with E-state index in [-0.39, 0.29) is 0 Å². The molecule has 0 aliphatic carbocycles. The molecule has 0 amide bonds. The van der Waals surface area contributed by atoms with Crippen LogP contribution in [0, 0.1) is 0 Å². The molecular formula is C18H25N5O. The Morgan fingerprint density at radius 3 is 2.54 bits per heavy atom. The fourth-order valence-corrected chi connectivity index (χ4v) is 2.91. The van der Waals surface area contributed by atoms with Gasteiger partial charge in [0, 0.05) is 0 Å². The van der Waals surface area contributed by atoms with Gasteiger partial charge in [-0.2, -0.15) is 9.50 Å². The van der Waals surface area contributed by atoms with Gasteiger partial charge in [-0.15, -0.1) is 0 Å². The number of aromatic nitrogens is 5. The van der Waals surface area contributed by atoms with Crippen LogP contribution < -0.4 is 4.74 Å². The van der Waals surface area contributed by atoms with Gasteiger partial charge in [0.2, 0.25) is 5.88 Å². The van der Waals surface area contributed by atoms with Crippen LogP contribution in [0.4, 0.5) is 0 Å². The van der Waals surface area contributed by atoms with Gasteiger partial charge in [-0.3, -0.25) is 0 Å². The zero-order valence-electron chi connectivity index (χ0n) is 14.3. The number of hydrogen-bond acceptors (Lipinski definition) is 5. The topological polar surface area (TPSA) is 65.2 Å². The van der Waals surface area contributed by atoms with Crippen molar-refractivity contribution in [3.63, 3.8) is 0 Å². The molecule has 128 valence electrons. The van der Waals surface area contributed by atoms with E-state index in [1.165, 1.54) is 44.9 Å². The lowest BCUT2D eigenvalue weighted by molar-refractivity contribution is 0.297. The third-order valence-corrected chi connectivity index (χ3v) is 4.25. The van der Waals surface area contributed by atoms with Gasteiger partial charge in [0.1, 0.15) is 0 Å². The van der Waals surface area contributed by atoms with Crippen molar-refractivity contribution in [3.05, 3.63) is 24.3 Å². The maximum atomic E-state index is 5.92. The van der Waals surface area contributed by atoms with Gasteiger partial charge in [-0.05, 0) is 29.0 Å². The molecule has 0 fully saturated rings. The van der Waals surface area contributed by atoms with Gasteiger partial charge in [0.05, 0.1) is 17.5 Å². The fourth-order valence-electron chi connectivity index (χ4n) is 2.91. The molecule has 0 aliphatic rings. The monoisotopic (exact) mass is 327 g/mol. The highest BCUT2D eigenvalue weighted by molar-refractivity contribution is 5.85. The highest BCUT2D eigenvalue weighted by Crippen LogP contribution is 2.23. The first-order valence-electron chi connectivity index (χ1n) is 9.00. The number of rotatable bonds is 10. The molecule has 0 atom stereocenters. The summed E-state index contributed by atoms with van der Waals surface area (Å²) in [4.78, 5) is 4.44. The standard InChI is InChI=1S/C18H25N5O/c1-2-3-4-5-6-7-8-11-14-24-17-15-12-9-10-13-16(15)23-18(19-17)20-21-22-23/h9-10,12-13H,2-8,11,14H2,1H3. The SMILES string of the molecule is CCCCCCCCCCOc1nc2nnnn2c2ccccc12. The second kappa shape index (κ2) is 8.57. The molecule has 2 heterocycles. The van der Waals surface area contributed by atoms with Crippen LogP contribution in [-0.2, 0) is 0 Å². The molecule has 3 aromatic rings. The first-order valence-corrected chi connectivity index (χ1v) is 9.00. The molecule has 1 aromatic carbocycles. The molecule has 0 N–H and O–H groups in total. The normalized spacial score (nSPS) is 11.4. The lowest BCUT2D eigenvalue weighted by atomic mass is 10.1. The molecule has 6 heteroatoms. The zero-order valence-corrected chi connectivity index (χ0v) is 14.3. The summed E-state index contributed by atoms with van der Waals surface area (Å²) in [6, 6.07) is 7.91. The van der Waals surface area contributed by atoms with Crippen LogP contribution in [0.5, 0.6) is 5.88 Å². The Bertz CT molecular complexity index is 770. The predicted molar refractivity (Wildman–Crippen MR) is 94.2 cm³/mol.